The van der Waals surface area contributed by atoms with Crippen molar-refractivity contribution in [1.29, 1.82) is 0 Å². The zero-order valence-corrected chi connectivity index (χ0v) is 16.3. The van der Waals surface area contributed by atoms with Crippen molar-refractivity contribution in [3.05, 3.63) is 52.0 Å². The molecule has 0 aromatic heterocycles. The van der Waals surface area contributed by atoms with Crippen molar-refractivity contribution < 1.29 is 26.9 Å². The summed E-state index contributed by atoms with van der Waals surface area (Å²) in [5, 5.41) is 0. The Labute approximate surface area is 155 Å². The van der Waals surface area contributed by atoms with Gasteiger partial charge in [-0.15, -0.1) is 0 Å². The van der Waals surface area contributed by atoms with E-state index in [1.165, 1.54) is 31.4 Å². The van der Waals surface area contributed by atoms with Crippen molar-refractivity contribution in [3.8, 4) is 11.5 Å². The number of halogens is 1. The average molecular weight is 429 g/mol. The van der Waals surface area contributed by atoms with Crippen molar-refractivity contribution in [3.63, 3.8) is 0 Å². The van der Waals surface area contributed by atoms with E-state index in [2.05, 4.69) is 15.9 Å². The third-order valence-electron chi connectivity index (χ3n) is 3.23. The monoisotopic (exact) mass is 428 g/mol. The molecule has 0 radical (unpaired) electrons. The van der Waals surface area contributed by atoms with Crippen molar-refractivity contribution in [2.45, 2.75) is 18.7 Å². The van der Waals surface area contributed by atoms with Gasteiger partial charge in [0.2, 0.25) is 0 Å². The van der Waals surface area contributed by atoms with Gasteiger partial charge >= 0.3 is 16.1 Å². The molecule has 2 aromatic rings. The standard InChI is InChI=1S/C17H17BrO6S/c1-4-23-17(19)12-6-8-16(13(18)10-12)25(20,21)24-14-7-5-11(2)9-15(14)22-3/h5-10H,4H2,1-3H3. The van der Waals surface area contributed by atoms with Crippen LogP contribution in [0, 0.1) is 6.92 Å². The fourth-order valence-electron chi connectivity index (χ4n) is 2.05. The van der Waals surface area contributed by atoms with Crippen LogP contribution in [0.1, 0.15) is 22.8 Å². The van der Waals surface area contributed by atoms with Crippen LogP contribution in [0.2, 0.25) is 0 Å². The Morgan fingerprint density at radius 3 is 2.44 bits per heavy atom. The average Bonchev–Trinajstić information content (AvgIpc) is 2.56. The molecular weight excluding hydrogens is 412 g/mol. The number of rotatable bonds is 6. The summed E-state index contributed by atoms with van der Waals surface area (Å²) < 4.78 is 40.6. The van der Waals surface area contributed by atoms with E-state index in [4.69, 9.17) is 13.7 Å². The zero-order chi connectivity index (χ0) is 18.6. The van der Waals surface area contributed by atoms with Crippen molar-refractivity contribution in [2.75, 3.05) is 13.7 Å². The zero-order valence-electron chi connectivity index (χ0n) is 13.9. The highest BCUT2D eigenvalue weighted by molar-refractivity contribution is 9.10. The van der Waals surface area contributed by atoms with Crippen LogP contribution in [-0.2, 0) is 14.9 Å². The molecule has 134 valence electrons. The lowest BCUT2D eigenvalue weighted by atomic mass is 10.2. The van der Waals surface area contributed by atoms with Crippen LogP contribution in [0.15, 0.2) is 45.8 Å². The second-order valence-corrected chi connectivity index (χ2v) is 7.43. The second kappa shape index (κ2) is 7.88. The van der Waals surface area contributed by atoms with Crippen LogP contribution in [-0.4, -0.2) is 28.1 Å². The number of ether oxygens (including phenoxy) is 2. The summed E-state index contributed by atoms with van der Waals surface area (Å²) in [5.74, 6) is -0.148. The molecule has 2 rings (SSSR count). The summed E-state index contributed by atoms with van der Waals surface area (Å²) in [6.07, 6.45) is 0. The highest BCUT2D eigenvalue weighted by atomic mass is 79.9. The molecule has 0 amide bonds. The van der Waals surface area contributed by atoms with Gasteiger partial charge in [0.05, 0.1) is 19.3 Å². The lowest BCUT2D eigenvalue weighted by molar-refractivity contribution is 0.0526. The van der Waals surface area contributed by atoms with Crippen LogP contribution in [0.4, 0.5) is 0 Å². The summed E-state index contributed by atoms with van der Waals surface area (Å²) in [5.41, 5.74) is 1.14. The number of aryl methyl sites for hydroxylation is 1. The minimum atomic E-state index is -4.12. The number of methoxy groups -OCH3 is 1. The Hall–Kier alpha value is -2.06. The molecule has 0 bridgehead atoms. The smallest absolute Gasteiger partial charge is 0.340 e. The van der Waals surface area contributed by atoms with Crippen LogP contribution in [0.3, 0.4) is 0 Å². The molecule has 0 aliphatic carbocycles. The molecule has 0 N–H and O–H groups in total. The molecule has 0 saturated carbocycles. The molecule has 0 spiro atoms. The summed E-state index contributed by atoms with van der Waals surface area (Å²) in [6, 6.07) is 8.93. The van der Waals surface area contributed by atoms with Gasteiger partial charge in [0.15, 0.2) is 11.5 Å². The SMILES string of the molecule is CCOC(=O)c1ccc(S(=O)(=O)Oc2ccc(C)cc2OC)c(Br)c1. The quantitative estimate of drug-likeness (QED) is 0.515. The normalized spacial score (nSPS) is 11.0. The Kier molecular flexibility index (Phi) is 6.07. The molecule has 0 heterocycles. The van der Waals surface area contributed by atoms with E-state index in [1.54, 1.807) is 19.1 Å². The van der Waals surface area contributed by atoms with Gasteiger partial charge in [0, 0.05) is 4.47 Å². The van der Waals surface area contributed by atoms with Gasteiger partial charge in [-0.05, 0) is 65.7 Å². The van der Waals surface area contributed by atoms with Gasteiger partial charge in [-0.1, -0.05) is 6.07 Å². The first-order valence-corrected chi connectivity index (χ1v) is 9.54. The molecule has 0 fully saturated rings. The largest absolute Gasteiger partial charge is 0.493 e. The molecule has 0 saturated heterocycles. The van der Waals surface area contributed by atoms with Gasteiger partial charge in [-0.25, -0.2) is 4.79 Å². The topological polar surface area (TPSA) is 78.9 Å². The number of benzene rings is 2. The van der Waals surface area contributed by atoms with E-state index in [1.807, 2.05) is 6.92 Å². The second-order valence-electron chi connectivity index (χ2n) is 5.06. The summed E-state index contributed by atoms with van der Waals surface area (Å²) >= 11 is 3.16. The summed E-state index contributed by atoms with van der Waals surface area (Å²) in [7, 11) is -2.69. The Morgan fingerprint density at radius 1 is 1.12 bits per heavy atom. The van der Waals surface area contributed by atoms with E-state index >= 15 is 0 Å². The highest BCUT2D eigenvalue weighted by Gasteiger charge is 2.23. The van der Waals surface area contributed by atoms with E-state index < -0.39 is 16.1 Å². The lowest BCUT2D eigenvalue weighted by Crippen LogP contribution is -2.12. The van der Waals surface area contributed by atoms with Gasteiger partial charge < -0.3 is 13.7 Å². The van der Waals surface area contributed by atoms with Gasteiger partial charge in [0.1, 0.15) is 4.90 Å². The van der Waals surface area contributed by atoms with Crippen molar-refractivity contribution in [1.82, 2.24) is 0 Å². The number of hydrogen-bond acceptors (Lipinski definition) is 6. The number of carbonyl (C=O) groups is 1. The predicted molar refractivity (Wildman–Crippen MR) is 95.6 cm³/mol. The number of carbonyl (C=O) groups excluding carboxylic acids is 1. The fraction of sp³-hybridized carbons (Fsp3) is 0.235. The van der Waals surface area contributed by atoms with E-state index in [-0.39, 0.29) is 27.3 Å². The van der Waals surface area contributed by atoms with E-state index in [0.717, 1.165) is 5.56 Å². The first-order chi connectivity index (χ1) is 11.8. The molecule has 0 aliphatic rings. The number of esters is 1. The Morgan fingerprint density at radius 2 is 1.84 bits per heavy atom. The molecule has 0 aliphatic heterocycles. The maximum absolute atomic E-state index is 12.6. The Balaban J connectivity index is 2.36. The van der Waals surface area contributed by atoms with Crippen molar-refractivity contribution in [2.24, 2.45) is 0 Å². The van der Waals surface area contributed by atoms with Gasteiger partial charge in [-0.3, -0.25) is 0 Å². The minimum Gasteiger partial charge on any atom is -0.493 e. The molecule has 8 heteroatoms. The first kappa shape index (κ1) is 19.3. The molecule has 25 heavy (non-hydrogen) atoms. The van der Waals surface area contributed by atoms with E-state index in [9.17, 15) is 13.2 Å². The summed E-state index contributed by atoms with van der Waals surface area (Å²) in [6.45, 7) is 3.77. The first-order valence-electron chi connectivity index (χ1n) is 7.34. The third-order valence-corrected chi connectivity index (χ3v) is 5.44. The molecular formula is C17H17BrO6S. The predicted octanol–water partition coefficient (Wildman–Crippen LogP) is 3.71. The highest BCUT2D eigenvalue weighted by Crippen LogP contribution is 2.32. The molecule has 2 aromatic carbocycles. The van der Waals surface area contributed by atoms with Gasteiger partial charge in [-0.2, -0.15) is 8.42 Å². The minimum absolute atomic E-state index is 0.0782. The maximum atomic E-state index is 12.6. The maximum Gasteiger partial charge on any atom is 0.340 e. The number of hydrogen-bond donors (Lipinski definition) is 0. The fourth-order valence-corrected chi connectivity index (χ4v) is 4.02. The van der Waals surface area contributed by atoms with Crippen LogP contribution in [0.5, 0.6) is 11.5 Å². The van der Waals surface area contributed by atoms with E-state index in [0.29, 0.717) is 5.75 Å². The third kappa shape index (κ3) is 4.52. The van der Waals surface area contributed by atoms with Crippen molar-refractivity contribution >= 4 is 32.0 Å². The summed E-state index contributed by atoms with van der Waals surface area (Å²) in [4.78, 5) is 11.6. The van der Waals surface area contributed by atoms with Gasteiger partial charge in [0.25, 0.3) is 0 Å². The molecule has 6 nitrogen and oxygen atoms in total. The molecule has 0 atom stereocenters. The van der Waals surface area contributed by atoms with Crippen LogP contribution >= 0.6 is 15.9 Å². The van der Waals surface area contributed by atoms with Crippen LogP contribution < -0.4 is 8.92 Å². The lowest BCUT2D eigenvalue weighted by Gasteiger charge is -2.12. The Bertz CT molecular complexity index is 892. The van der Waals surface area contributed by atoms with Crippen LogP contribution in [0.25, 0.3) is 0 Å². The molecule has 0 unspecified atom stereocenters.